The fourth-order valence-electron chi connectivity index (χ4n) is 3.50. The number of hydrogen-bond acceptors (Lipinski definition) is 5. The minimum absolute atomic E-state index is 0.483. The maximum absolute atomic E-state index is 10.6. The van der Waals surface area contributed by atoms with Crippen molar-refractivity contribution in [2.75, 3.05) is 25.1 Å². The van der Waals surface area contributed by atoms with E-state index in [9.17, 15) is 13.2 Å². The predicted octanol–water partition coefficient (Wildman–Crippen LogP) is 4.25. The highest BCUT2D eigenvalue weighted by Crippen LogP contribution is 2.24. The van der Waals surface area contributed by atoms with Crippen LogP contribution in [0.15, 0.2) is 60.7 Å². The molecule has 1 fully saturated rings. The lowest BCUT2D eigenvalue weighted by molar-refractivity contribution is -0.192. The fourth-order valence-corrected chi connectivity index (χ4v) is 3.50. The molecule has 2 heterocycles. The van der Waals surface area contributed by atoms with E-state index in [4.69, 9.17) is 14.6 Å². The minimum atomic E-state index is -5.08. The second-order valence-corrected chi connectivity index (χ2v) is 7.30. The minimum Gasteiger partial charge on any atom is -0.481 e. The summed E-state index contributed by atoms with van der Waals surface area (Å²) in [5, 5.41) is 12.0. The number of para-hydroxylation sites is 2. The van der Waals surface area contributed by atoms with E-state index in [2.05, 4.69) is 57.7 Å². The molecular formula is C23H24F3N3O3. The fraction of sp³-hybridized carbons (Fsp3) is 0.304. The first kappa shape index (κ1) is 23.3. The lowest BCUT2D eigenvalue weighted by Crippen LogP contribution is -2.32. The Bertz CT molecular complexity index is 1040. The summed E-state index contributed by atoms with van der Waals surface area (Å²) in [7, 11) is 1.69. The third kappa shape index (κ3) is 6.10. The molecule has 1 aliphatic rings. The van der Waals surface area contributed by atoms with Crippen molar-refractivity contribution in [1.82, 2.24) is 10.3 Å². The zero-order chi connectivity index (χ0) is 23.1. The van der Waals surface area contributed by atoms with Crippen LogP contribution >= 0.6 is 0 Å². The molecule has 9 heteroatoms. The molecule has 1 aromatic heterocycles. The summed E-state index contributed by atoms with van der Waals surface area (Å²) in [5.41, 5.74) is 3.38. The number of anilines is 1. The summed E-state index contributed by atoms with van der Waals surface area (Å²) in [5.74, 6) is -2.04. The van der Waals surface area contributed by atoms with E-state index in [-0.39, 0.29) is 0 Å². The van der Waals surface area contributed by atoms with Gasteiger partial charge < -0.3 is 20.1 Å². The number of carbonyl (C=O) groups is 1. The first-order chi connectivity index (χ1) is 15.3. The van der Waals surface area contributed by atoms with E-state index in [0.717, 1.165) is 42.5 Å². The van der Waals surface area contributed by atoms with Gasteiger partial charge in [0.2, 0.25) is 5.88 Å². The SMILES string of the molecule is COc1nc2ccccc2cc1CNC1CCN(c2ccccc2)C1.O=C(O)C(F)(F)F. The van der Waals surface area contributed by atoms with E-state index >= 15 is 0 Å². The zero-order valence-corrected chi connectivity index (χ0v) is 17.5. The number of nitrogens with zero attached hydrogens (tertiary/aromatic N) is 2. The van der Waals surface area contributed by atoms with Crippen molar-refractivity contribution in [1.29, 1.82) is 0 Å². The first-order valence-corrected chi connectivity index (χ1v) is 10.0. The van der Waals surface area contributed by atoms with E-state index in [1.54, 1.807) is 7.11 Å². The van der Waals surface area contributed by atoms with Crippen LogP contribution in [0, 0.1) is 0 Å². The van der Waals surface area contributed by atoms with Crippen molar-refractivity contribution in [2.45, 2.75) is 25.2 Å². The Labute approximate surface area is 183 Å². The average molecular weight is 447 g/mol. The first-order valence-electron chi connectivity index (χ1n) is 10.0. The topological polar surface area (TPSA) is 74.7 Å². The smallest absolute Gasteiger partial charge is 0.481 e. The van der Waals surface area contributed by atoms with Gasteiger partial charge in [-0.05, 0) is 30.7 Å². The second-order valence-electron chi connectivity index (χ2n) is 7.30. The zero-order valence-electron chi connectivity index (χ0n) is 17.5. The maximum atomic E-state index is 10.6. The highest BCUT2D eigenvalue weighted by Gasteiger charge is 2.38. The number of nitrogens with one attached hydrogen (secondary N) is 1. The van der Waals surface area contributed by atoms with Crippen LogP contribution in [-0.4, -0.2) is 48.5 Å². The Hall–Kier alpha value is -3.33. The van der Waals surface area contributed by atoms with Gasteiger partial charge in [-0.25, -0.2) is 9.78 Å². The molecule has 0 spiro atoms. The molecule has 0 amide bonds. The quantitative estimate of drug-likeness (QED) is 0.609. The predicted molar refractivity (Wildman–Crippen MR) is 116 cm³/mol. The molecule has 6 nitrogen and oxygen atoms in total. The second kappa shape index (κ2) is 10.3. The van der Waals surface area contributed by atoms with E-state index < -0.39 is 12.1 Å². The van der Waals surface area contributed by atoms with Crippen LogP contribution in [0.25, 0.3) is 10.9 Å². The van der Waals surface area contributed by atoms with Crippen LogP contribution in [0.1, 0.15) is 12.0 Å². The van der Waals surface area contributed by atoms with Crippen molar-refractivity contribution in [3.05, 3.63) is 66.2 Å². The largest absolute Gasteiger partial charge is 0.490 e. The molecule has 4 rings (SSSR count). The van der Waals surface area contributed by atoms with Gasteiger partial charge in [0.1, 0.15) is 0 Å². The van der Waals surface area contributed by atoms with Crippen LogP contribution in [0.3, 0.4) is 0 Å². The molecule has 3 aromatic rings. The third-order valence-electron chi connectivity index (χ3n) is 5.09. The molecule has 2 aromatic carbocycles. The Kier molecular flexibility index (Phi) is 7.53. The molecule has 0 bridgehead atoms. The van der Waals surface area contributed by atoms with Crippen molar-refractivity contribution < 1.29 is 27.8 Å². The summed E-state index contributed by atoms with van der Waals surface area (Å²) in [6.45, 7) is 2.90. The lowest BCUT2D eigenvalue weighted by Gasteiger charge is -2.19. The molecule has 1 saturated heterocycles. The van der Waals surface area contributed by atoms with Gasteiger partial charge in [0, 0.05) is 42.3 Å². The van der Waals surface area contributed by atoms with Gasteiger partial charge >= 0.3 is 12.1 Å². The van der Waals surface area contributed by atoms with Crippen LogP contribution < -0.4 is 15.0 Å². The van der Waals surface area contributed by atoms with Crippen LogP contribution in [0.2, 0.25) is 0 Å². The maximum Gasteiger partial charge on any atom is 0.490 e. The molecule has 2 N–H and O–H groups in total. The number of aliphatic carboxylic acids is 1. The van der Waals surface area contributed by atoms with E-state index in [0.29, 0.717) is 11.9 Å². The molecule has 0 radical (unpaired) electrons. The molecule has 1 atom stereocenters. The Morgan fingerprint density at radius 1 is 1.19 bits per heavy atom. The number of carboxylic acids is 1. The van der Waals surface area contributed by atoms with Crippen molar-refractivity contribution in [3.8, 4) is 5.88 Å². The van der Waals surface area contributed by atoms with E-state index in [1.807, 2.05) is 18.2 Å². The summed E-state index contributed by atoms with van der Waals surface area (Å²) in [6.07, 6.45) is -3.93. The molecule has 170 valence electrons. The third-order valence-corrected chi connectivity index (χ3v) is 5.09. The Morgan fingerprint density at radius 3 is 2.50 bits per heavy atom. The van der Waals surface area contributed by atoms with Gasteiger partial charge in [-0.2, -0.15) is 13.2 Å². The number of rotatable bonds is 5. The number of ether oxygens (including phenoxy) is 1. The number of hydrogen-bond donors (Lipinski definition) is 2. The van der Waals surface area contributed by atoms with Gasteiger partial charge in [0.25, 0.3) is 0 Å². The lowest BCUT2D eigenvalue weighted by atomic mass is 10.1. The van der Waals surface area contributed by atoms with Crippen molar-refractivity contribution >= 4 is 22.6 Å². The molecule has 32 heavy (non-hydrogen) atoms. The summed E-state index contributed by atoms with van der Waals surface area (Å²) < 4.78 is 37.2. The Balaban J connectivity index is 0.000000360. The number of aromatic nitrogens is 1. The number of benzene rings is 2. The molecular weight excluding hydrogens is 423 g/mol. The molecule has 1 unspecified atom stereocenters. The molecule has 0 saturated carbocycles. The number of halogens is 3. The normalized spacial score (nSPS) is 15.9. The summed E-state index contributed by atoms with van der Waals surface area (Å²) in [6, 6.07) is 21.4. The van der Waals surface area contributed by atoms with Crippen LogP contribution in [-0.2, 0) is 11.3 Å². The summed E-state index contributed by atoms with van der Waals surface area (Å²) in [4.78, 5) is 16.0. The van der Waals surface area contributed by atoms with Crippen LogP contribution in [0.5, 0.6) is 5.88 Å². The Morgan fingerprint density at radius 2 is 1.84 bits per heavy atom. The van der Waals surface area contributed by atoms with Gasteiger partial charge in [-0.15, -0.1) is 0 Å². The van der Waals surface area contributed by atoms with Gasteiger partial charge in [0.05, 0.1) is 12.6 Å². The standard InChI is InChI=1S/C21H23N3O.C2HF3O2/c1-25-21-17(13-16-7-5-6-10-20(16)23-21)14-22-18-11-12-24(15-18)19-8-3-2-4-9-19;3-2(4,5)1(6)7/h2-10,13,18,22H,11-12,14-15H2,1H3;(H,6,7). The van der Waals surface area contributed by atoms with E-state index in [1.165, 1.54) is 5.69 Å². The number of pyridine rings is 1. The summed E-state index contributed by atoms with van der Waals surface area (Å²) >= 11 is 0. The van der Waals surface area contributed by atoms with Gasteiger partial charge in [-0.1, -0.05) is 36.4 Å². The average Bonchev–Trinajstić information content (AvgIpc) is 3.26. The molecule has 0 aliphatic carbocycles. The van der Waals surface area contributed by atoms with Crippen molar-refractivity contribution in [2.24, 2.45) is 0 Å². The highest BCUT2D eigenvalue weighted by molar-refractivity contribution is 5.80. The molecule has 1 aliphatic heterocycles. The highest BCUT2D eigenvalue weighted by atomic mass is 19.4. The number of methoxy groups -OCH3 is 1. The number of fused-ring (bicyclic) bond motifs is 1. The monoisotopic (exact) mass is 447 g/mol. The number of alkyl halides is 3. The van der Waals surface area contributed by atoms with Crippen LogP contribution in [0.4, 0.5) is 18.9 Å². The van der Waals surface area contributed by atoms with Gasteiger partial charge in [0.15, 0.2) is 0 Å². The number of carboxylic acid groups (broad SMARTS) is 1. The van der Waals surface area contributed by atoms with Crippen molar-refractivity contribution in [3.63, 3.8) is 0 Å². The van der Waals surface area contributed by atoms with Gasteiger partial charge in [-0.3, -0.25) is 0 Å².